The fraction of sp³-hybridized carbons (Fsp3) is 0.250. The van der Waals surface area contributed by atoms with Crippen LogP contribution in [-0.4, -0.2) is 21.8 Å². The highest BCUT2D eigenvalue weighted by atomic mass is 16.2. The molecule has 5 heteroatoms. The number of nitrogens with zero attached hydrogens (tertiary/aromatic N) is 2. The number of nitrogens with two attached hydrogens (primary N) is 2. The van der Waals surface area contributed by atoms with Gasteiger partial charge in [-0.2, -0.15) is 0 Å². The van der Waals surface area contributed by atoms with Crippen LogP contribution < -0.4 is 11.5 Å². The molecular formula is C16H20N4O. The van der Waals surface area contributed by atoms with Crippen LogP contribution in [0.4, 0.5) is 11.4 Å². The van der Waals surface area contributed by atoms with Gasteiger partial charge in [-0.25, -0.2) is 0 Å². The van der Waals surface area contributed by atoms with E-state index in [1.807, 2.05) is 26.0 Å². The van der Waals surface area contributed by atoms with Gasteiger partial charge in [-0.1, -0.05) is 6.07 Å². The Morgan fingerprint density at radius 3 is 2.62 bits per heavy atom. The Labute approximate surface area is 124 Å². The van der Waals surface area contributed by atoms with Gasteiger partial charge in [-0.15, -0.1) is 0 Å². The zero-order valence-corrected chi connectivity index (χ0v) is 12.3. The van der Waals surface area contributed by atoms with Crippen LogP contribution in [0, 0.1) is 0 Å². The highest BCUT2D eigenvalue weighted by molar-refractivity contribution is 5.99. The number of pyridine rings is 1. The number of nitrogen functional groups attached to an aromatic ring is 2. The number of carbonyl (C=O) groups excluding carboxylic acids is 1. The Kier molecular flexibility index (Phi) is 4.42. The summed E-state index contributed by atoms with van der Waals surface area (Å²) in [6.07, 6.45) is 3.47. The summed E-state index contributed by atoms with van der Waals surface area (Å²) < 4.78 is 0. The number of carbonyl (C=O) groups is 1. The van der Waals surface area contributed by atoms with E-state index in [4.69, 9.17) is 11.5 Å². The maximum absolute atomic E-state index is 12.7. The Bertz CT molecular complexity index is 625. The van der Waals surface area contributed by atoms with E-state index < -0.39 is 0 Å². The average molecular weight is 284 g/mol. The summed E-state index contributed by atoms with van der Waals surface area (Å²) in [6, 6.07) is 8.82. The molecule has 2 rings (SSSR count). The molecule has 0 atom stereocenters. The molecule has 1 amide bonds. The second kappa shape index (κ2) is 6.26. The van der Waals surface area contributed by atoms with E-state index in [0.29, 0.717) is 23.5 Å². The zero-order chi connectivity index (χ0) is 15.4. The monoisotopic (exact) mass is 284 g/mol. The summed E-state index contributed by atoms with van der Waals surface area (Å²) in [6.45, 7) is 4.44. The van der Waals surface area contributed by atoms with Crippen LogP contribution in [0.3, 0.4) is 0 Å². The van der Waals surface area contributed by atoms with Gasteiger partial charge in [-0.3, -0.25) is 9.78 Å². The number of rotatable bonds is 4. The van der Waals surface area contributed by atoms with E-state index in [1.54, 1.807) is 35.5 Å². The first kappa shape index (κ1) is 14.8. The number of hydrogen-bond acceptors (Lipinski definition) is 4. The summed E-state index contributed by atoms with van der Waals surface area (Å²) >= 11 is 0. The zero-order valence-electron chi connectivity index (χ0n) is 12.3. The predicted octanol–water partition coefficient (Wildman–Crippen LogP) is 2.30. The van der Waals surface area contributed by atoms with E-state index in [1.165, 1.54) is 0 Å². The normalized spacial score (nSPS) is 10.6. The molecular weight excluding hydrogens is 264 g/mol. The molecule has 110 valence electrons. The molecule has 0 spiro atoms. The topological polar surface area (TPSA) is 85.2 Å². The highest BCUT2D eigenvalue weighted by Crippen LogP contribution is 2.20. The van der Waals surface area contributed by atoms with Gasteiger partial charge in [0.25, 0.3) is 5.91 Å². The molecule has 0 aliphatic carbocycles. The van der Waals surface area contributed by atoms with Crippen molar-refractivity contribution >= 4 is 17.3 Å². The van der Waals surface area contributed by atoms with Gasteiger partial charge >= 0.3 is 0 Å². The van der Waals surface area contributed by atoms with Crippen molar-refractivity contribution < 1.29 is 4.79 Å². The van der Waals surface area contributed by atoms with E-state index in [9.17, 15) is 4.79 Å². The molecule has 1 aromatic carbocycles. The van der Waals surface area contributed by atoms with Gasteiger partial charge in [0.15, 0.2) is 0 Å². The van der Waals surface area contributed by atoms with Gasteiger partial charge in [-0.05, 0) is 43.7 Å². The third-order valence-corrected chi connectivity index (χ3v) is 3.27. The van der Waals surface area contributed by atoms with Crippen molar-refractivity contribution in [3.63, 3.8) is 0 Å². The van der Waals surface area contributed by atoms with Crippen molar-refractivity contribution in [3.8, 4) is 0 Å². The molecule has 1 heterocycles. The number of aromatic nitrogens is 1. The molecule has 2 aromatic rings. The Morgan fingerprint density at radius 1 is 1.29 bits per heavy atom. The first-order chi connectivity index (χ1) is 9.99. The van der Waals surface area contributed by atoms with E-state index >= 15 is 0 Å². The van der Waals surface area contributed by atoms with Crippen LogP contribution in [0.1, 0.15) is 29.8 Å². The minimum atomic E-state index is -0.105. The van der Waals surface area contributed by atoms with Gasteiger partial charge in [0.05, 0.1) is 5.56 Å². The van der Waals surface area contributed by atoms with Crippen LogP contribution in [0.15, 0.2) is 42.7 Å². The van der Waals surface area contributed by atoms with Crippen molar-refractivity contribution in [1.29, 1.82) is 0 Å². The van der Waals surface area contributed by atoms with Gasteiger partial charge in [0.1, 0.15) is 0 Å². The third-order valence-electron chi connectivity index (χ3n) is 3.27. The Balaban J connectivity index is 2.27. The fourth-order valence-electron chi connectivity index (χ4n) is 2.11. The van der Waals surface area contributed by atoms with Crippen molar-refractivity contribution in [3.05, 3.63) is 53.9 Å². The minimum Gasteiger partial charge on any atom is -0.399 e. The van der Waals surface area contributed by atoms with E-state index in [0.717, 1.165) is 5.56 Å². The molecule has 0 aliphatic rings. The summed E-state index contributed by atoms with van der Waals surface area (Å²) in [7, 11) is 0. The van der Waals surface area contributed by atoms with Crippen LogP contribution in [-0.2, 0) is 6.54 Å². The van der Waals surface area contributed by atoms with Gasteiger partial charge in [0, 0.05) is 36.4 Å². The number of benzene rings is 1. The summed E-state index contributed by atoms with van der Waals surface area (Å²) in [4.78, 5) is 18.5. The van der Waals surface area contributed by atoms with Crippen LogP contribution in [0.25, 0.3) is 0 Å². The number of hydrogen-bond donors (Lipinski definition) is 2. The molecule has 1 aromatic heterocycles. The standard InChI is InChI=1S/C16H20N4O/c1-11(2)20(10-12-4-3-7-19-9-12)16(21)14-6-5-13(17)8-15(14)18/h3-9,11H,10,17-18H2,1-2H3. The maximum Gasteiger partial charge on any atom is 0.256 e. The lowest BCUT2D eigenvalue weighted by Crippen LogP contribution is -2.36. The first-order valence-corrected chi connectivity index (χ1v) is 6.84. The molecule has 0 fully saturated rings. The lowest BCUT2D eigenvalue weighted by Gasteiger charge is -2.27. The van der Waals surface area contributed by atoms with Crippen LogP contribution >= 0.6 is 0 Å². The largest absolute Gasteiger partial charge is 0.399 e. The SMILES string of the molecule is CC(C)N(Cc1cccnc1)C(=O)c1ccc(N)cc1N. The summed E-state index contributed by atoms with van der Waals surface area (Å²) in [5.74, 6) is -0.105. The number of amides is 1. The molecule has 5 nitrogen and oxygen atoms in total. The molecule has 0 saturated heterocycles. The van der Waals surface area contributed by atoms with E-state index in [2.05, 4.69) is 4.98 Å². The molecule has 0 saturated carbocycles. The first-order valence-electron chi connectivity index (χ1n) is 6.84. The second-order valence-corrected chi connectivity index (χ2v) is 5.23. The average Bonchev–Trinajstić information content (AvgIpc) is 2.45. The lowest BCUT2D eigenvalue weighted by atomic mass is 10.1. The van der Waals surface area contributed by atoms with Crippen molar-refractivity contribution in [2.45, 2.75) is 26.4 Å². The van der Waals surface area contributed by atoms with Crippen molar-refractivity contribution in [2.75, 3.05) is 11.5 Å². The van der Waals surface area contributed by atoms with Crippen LogP contribution in [0.5, 0.6) is 0 Å². The van der Waals surface area contributed by atoms with Crippen molar-refractivity contribution in [1.82, 2.24) is 9.88 Å². The van der Waals surface area contributed by atoms with E-state index in [-0.39, 0.29) is 11.9 Å². The Morgan fingerprint density at radius 2 is 2.05 bits per heavy atom. The molecule has 0 bridgehead atoms. The highest BCUT2D eigenvalue weighted by Gasteiger charge is 2.21. The van der Waals surface area contributed by atoms with Crippen LogP contribution in [0.2, 0.25) is 0 Å². The second-order valence-electron chi connectivity index (χ2n) is 5.23. The Hall–Kier alpha value is -2.56. The fourth-order valence-corrected chi connectivity index (χ4v) is 2.11. The van der Waals surface area contributed by atoms with Gasteiger partial charge < -0.3 is 16.4 Å². The predicted molar refractivity (Wildman–Crippen MR) is 84.5 cm³/mol. The maximum atomic E-state index is 12.7. The molecule has 0 aliphatic heterocycles. The molecule has 0 radical (unpaired) electrons. The summed E-state index contributed by atoms with van der Waals surface area (Å²) in [5, 5.41) is 0. The smallest absolute Gasteiger partial charge is 0.256 e. The van der Waals surface area contributed by atoms with Gasteiger partial charge in [0.2, 0.25) is 0 Å². The number of anilines is 2. The quantitative estimate of drug-likeness (QED) is 0.844. The van der Waals surface area contributed by atoms with Crippen molar-refractivity contribution in [2.24, 2.45) is 0 Å². The summed E-state index contributed by atoms with van der Waals surface area (Å²) in [5.41, 5.74) is 14.0. The molecule has 21 heavy (non-hydrogen) atoms. The lowest BCUT2D eigenvalue weighted by molar-refractivity contribution is 0.0691. The third kappa shape index (κ3) is 3.51. The molecule has 4 N–H and O–H groups in total. The molecule has 0 unspecified atom stereocenters. The minimum absolute atomic E-state index is 0.0506.